The van der Waals surface area contributed by atoms with Crippen LogP contribution in [-0.2, 0) is 0 Å². The van der Waals surface area contributed by atoms with E-state index in [2.05, 4.69) is 20.8 Å². The third kappa shape index (κ3) is 6.65. The van der Waals surface area contributed by atoms with E-state index in [9.17, 15) is 0 Å². The fourth-order valence-corrected chi connectivity index (χ4v) is 20.2. The monoisotopic (exact) mass is 148 g/mol. The van der Waals surface area contributed by atoms with Crippen LogP contribution in [0.5, 0.6) is 0 Å². The summed E-state index contributed by atoms with van der Waals surface area (Å²) in [5.74, 6) is 0. The van der Waals surface area contributed by atoms with Crippen molar-refractivity contribution in [1.82, 2.24) is 0 Å². The number of hydrogen-bond acceptors (Lipinski definition) is 0. The largest absolute Gasteiger partial charge is 0.0634 e. The first-order valence-electron chi connectivity index (χ1n) is 3.06. The molecule has 0 rings (SSSR count). The Morgan fingerprint density at radius 2 is 1.71 bits per heavy atom. The summed E-state index contributed by atoms with van der Waals surface area (Å²) in [6.07, 6.45) is 0. The third-order valence-electron chi connectivity index (χ3n) is 1.000. The molecule has 0 bridgehead atoms. The van der Waals surface area contributed by atoms with Crippen LogP contribution in [0.2, 0.25) is 5.04 Å². The highest BCUT2D eigenvalue weighted by atomic mass is 29.5. The number of hydrogen-bond donors (Lipinski definition) is 0. The molecule has 0 aromatic rings. The molecule has 0 aliphatic carbocycles. The fourth-order valence-electron chi connectivity index (χ4n) is 0.750. The summed E-state index contributed by atoms with van der Waals surface area (Å²) in [5, 5.41) is 0.786. The van der Waals surface area contributed by atoms with Crippen molar-refractivity contribution in [2.45, 2.75) is 25.8 Å². The maximum Gasteiger partial charge on any atom is 0.0112 e. The molecule has 3 heteroatoms. The van der Waals surface area contributed by atoms with Crippen molar-refractivity contribution in [3.63, 3.8) is 0 Å². The van der Waals surface area contributed by atoms with Gasteiger partial charge in [-0.25, -0.2) is 0 Å². The van der Waals surface area contributed by atoms with Crippen molar-refractivity contribution in [3.05, 3.63) is 0 Å². The Morgan fingerprint density at radius 1 is 1.29 bits per heavy atom. The van der Waals surface area contributed by atoms with Crippen LogP contribution in [-0.4, -0.2) is 27.4 Å². The Hall–Kier alpha value is 0.651. The van der Waals surface area contributed by atoms with Crippen LogP contribution >= 0.6 is 0 Å². The Labute approximate surface area is 53.7 Å². The first kappa shape index (κ1) is 7.65. The molecule has 0 radical (unpaired) electrons. The average molecular weight is 148 g/mol. The lowest BCUT2D eigenvalue weighted by molar-refractivity contribution is 0.763. The van der Waals surface area contributed by atoms with Crippen molar-refractivity contribution >= 4 is 27.4 Å². The van der Waals surface area contributed by atoms with Gasteiger partial charge < -0.3 is 0 Å². The summed E-state index contributed by atoms with van der Waals surface area (Å²) in [6.45, 7) is 7.18. The minimum absolute atomic E-state index is 0.461. The minimum atomic E-state index is 0.461. The van der Waals surface area contributed by atoms with Gasteiger partial charge in [0.05, 0.1) is 0 Å². The zero-order chi connectivity index (χ0) is 5.91. The van der Waals surface area contributed by atoms with E-state index in [1.165, 1.54) is 0 Å². The second kappa shape index (κ2) is 2.84. The van der Waals surface area contributed by atoms with Gasteiger partial charge in [-0.15, -0.1) is 0 Å². The molecule has 0 amide bonds. The van der Waals surface area contributed by atoms with Crippen LogP contribution < -0.4 is 0 Å². The van der Waals surface area contributed by atoms with Crippen LogP contribution in [0, 0.1) is 0 Å². The molecule has 0 spiro atoms. The minimum Gasteiger partial charge on any atom is -0.0634 e. The lowest BCUT2D eigenvalue weighted by atomic mass is 10.3. The zero-order valence-corrected chi connectivity index (χ0v) is 10.7. The first-order valence-corrected chi connectivity index (χ1v) is 13.4. The summed E-state index contributed by atoms with van der Waals surface area (Å²) in [4.78, 5) is 0. The van der Waals surface area contributed by atoms with Gasteiger partial charge >= 0.3 is 0 Å². The summed E-state index contributed by atoms with van der Waals surface area (Å²) in [6, 6.07) is 0. The Bertz CT molecular complexity index is 45.4. The standard InChI is InChI=1S/C4H16Si3/c1-4(2,3)6-7-5/h6-7H2,1-3,5H3. The van der Waals surface area contributed by atoms with Crippen LogP contribution in [0.1, 0.15) is 20.8 Å². The highest BCUT2D eigenvalue weighted by molar-refractivity contribution is 7.24. The van der Waals surface area contributed by atoms with E-state index in [1.54, 1.807) is 9.76 Å². The quantitative estimate of drug-likeness (QED) is 0.407. The van der Waals surface area contributed by atoms with E-state index in [0.717, 1.165) is 5.04 Å². The topological polar surface area (TPSA) is 0 Å². The highest BCUT2D eigenvalue weighted by Crippen LogP contribution is 2.17. The summed E-state index contributed by atoms with van der Waals surface area (Å²) in [5.41, 5.74) is 0. The summed E-state index contributed by atoms with van der Waals surface area (Å²) >= 11 is 0. The third-order valence-corrected chi connectivity index (χ3v) is 13.5. The lowest BCUT2D eigenvalue weighted by Crippen LogP contribution is -2.15. The van der Waals surface area contributed by atoms with Gasteiger partial charge in [-0.2, -0.15) is 0 Å². The van der Waals surface area contributed by atoms with E-state index in [4.69, 9.17) is 0 Å². The predicted octanol–water partition coefficient (Wildman–Crippen LogP) is -1.26. The molecule has 7 heavy (non-hydrogen) atoms. The summed E-state index contributed by atoms with van der Waals surface area (Å²) < 4.78 is 0. The van der Waals surface area contributed by atoms with Gasteiger partial charge in [-0.3, -0.25) is 0 Å². The highest BCUT2D eigenvalue weighted by Gasteiger charge is 2.07. The molecule has 0 fully saturated rings. The van der Waals surface area contributed by atoms with E-state index >= 15 is 0 Å². The van der Waals surface area contributed by atoms with Gasteiger partial charge in [-0.05, 0) is 18.3 Å². The van der Waals surface area contributed by atoms with Crippen LogP contribution in [0.15, 0.2) is 0 Å². The smallest absolute Gasteiger partial charge is 0.0112 e. The van der Waals surface area contributed by atoms with E-state index in [1.807, 2.05) is 0 Å². The van der Waals surface area contributed by atoms with Gasteiger partial charge in [-0.1, -0.05) is 25.8 Å². The molecule has 44 valence electrons. The number of rotatable bonds is 1. The average Bonchev–Trinajstić information content (AvgIpc) is 1.30. The Balaban J connectivity index is 3.15. The zero-order valence-electron chi connectivity index (χ0n) is 5.91. The molecule has 0 unspecified atom stereocenters. The van der Waals surface area contributed by atoms with Crippen molar-refractivity contribution in [1.29, 1.82) is 0 Å². The Kier molecular flexibility index (Phi) is 3.10. The molecule has 0 aromatic carbocycles. The van der Waals surface area contributed by atoms with Crippen molar-refractivity contribution in [2.75, 3.05) is 0 Å². The molecular formula is C4H16Si3. The normalized spacial score (nSPS) is 15.9. The van der Waals surface area contributed by atoms with Crippen LogP contribution in [0.25, 0.3) is 0 Å². The SMILES string of the molecule is CC(C)(C)[SiH2][SiH2][SiH3]. The molecule has 0 atom stereocenters. The van der Waals surface area contributed by atoms with Gasteiger partial charge in [0.25, 0.3) is 0 Å². The van der Waals surface area contributed by atoms with Crippen molar-refractivity contribution in [3.8, 4) is 0 Å². The van der Waals surface area contributed by atoms with Crippen molar-refractivity contribution in [2.24, 2.45) is 0 Å². The molecule has 0 heterocycles. The lowest BCUT2D eigenvalue weighted by Gasteiger charge is -2.14. The van der Waals surface area contributed by atoms with Crippen LogP contribution in [0.3, 0.4) is 0 Å². The van der Waals surface area contributed by atoms with E-state index < -0.39 is 0 Å². The molecule has 0 nitrogen and oxygen atoms in total. The van der Waals surface area contributed by atoms with Gasteiger partial charge in [0, 0.05) is 9.04 Å². The fraction of sp³-hybridized carbons (Fsp3) is 1.00. The molecular weight excluding hydrogens is 132 g/mol. The molecule has 0 aliphatic heterocycles. The van der Waals surface area contributed by atoms with Gasteiger partial charge in [0.15, 0.2) is 0 Å². The van der Waals surface area contributed by atoms with Crippen molar-refractivity contribution < 1.29 is 0 Å². The molecule has 0 saturated carbocycles. The summed E-state index contributed by atoms with van der Waals surface area (Å²) in [7, 11) is 2.62. The van der Waals surface area contributed by atoms with E-state index in [0.29, 0.717) is 17.6 Å². The maximum absolute atomic E-state index is 2.39. The second-order valence-electron chi connectivity index (χ2n) is 3.31. The van der Waals surface area contributed by atoms with E-state index in [-0.39, 0.29) is 0 Å². The predicted molar refractivity (Wildman–Crippen MR) is 46.7 cm³/mol. The van der Waals surface area contributed by atoms with Gasteiger partial charge in [0.1, 0.15) is 0 Å². The second-order valence-corrected chi connectivity index (χ2v) is 20.4. The van der Waals surface area contributed by atoms with Crippen LogP contribution in [0.4, 0.5) is 0 Å². The maximum atomic E-state index is 2.39. The molecule has 0 aliphatic rings. The van der Waals surface area contributed by atoms with Gasteiger partial charge in [0.2, 0.25) is 0 Å². The molecule has 0 N–H and O–H groups in total. The first-order chi connectivity index (χ1) is 3.06. The molecule has 0 aromatic heterocycles. The molecule has 0 saturated heterocycles. The Morgan fingerprint density at radius 3 is 1.71 bits per heavy atom.